The average Bonchev–Trinajstić information content (AvgIpc) is 2.74. The molecule has 0 N–H and O–H groups in total. The summed E-state index contributed by atoms with van der Waals surface area (Å²) in [6, 6.07) is 3.77. The van der Waals surface area contributed by atoms with Crippen LogP contribution in [0.3, 0.4) is 0 Å². The molecule has 17 heavy (non-hydrogen) atoms. The molecule has 0 saturated heterocycles. The average molecular weight is 303 g/mol. The first-order valence-electron chi connectivity index (χ1n) is 5.58. The molecule has 0 amide bonds. The van der Waals surface area contributed by atoms with Crippen LogP contribution in [0.25, 0.3) is 0 Å². The lowest BCUT2D eigenvalue weighted by Gasteiger charge is -2.18. The number of hydrogen-bond donors (Lipinski definition) is 0. The lowest BCUT2D eigenvalue weighted by Crippen LogP contribution is -2.09. The summed E-state index contributed by atoms with van der Waals surface area (Å²) in [6.07, 6.45) is -0.381. The SMILES string of the molecule is CCOC(OCC)c1cc2c(cc1Br)OCO2. The molecule has 0 unspecified atom stereocenters. The van der Waals surface area contributed by atoms with Gasteiger partial charge in [-0.2, -0.15) is 0 Å². The van der Waals surface area contributed by atoms with Gasteiger partial charge in [0.15, 0.2) is 17.8 Å². The minimum atomic E-state index is -0.381. The van der Waals surface area contributed by atoms with Crippen LogP contribution in [0.5, 0.6) is 11.5 Å². The van der Waals surface area contributed by atoms with Gasteiger partial charge in [-0.05, 0) is 26.0 Å². The second-order valence-electron chi connectivity index (χ2n) is 3.47. The van der Waals surface area contributed by atoms with Crippen molar-refractivity contribution in [3.63, 3.8) is 0 Å². The first-order chi connectivity index (χ1) is 8.26. The van der Waals surface area contributed by atoms with Crippen LogP contribution in [0, 0.1) is 0 Å². The highest BCUT2D eigenvalue weighted by molar-refractivity contribution is 9.10. The molecule has 1 aliphatic rings. The van der Waals surface area contributed by atoms with E-state index in [4.69, 9.17) is 18.9 Å². The molecule has 0 aromatic heterocycles. The van der Waals surface area contributed by atoms with E-state index in [1.54, 1.807) is 0 Å². The second-order valence-corrected chi connectivity index (χ2v) is 4.32. The van der Waals surface area contributed by atoms with Crippen molar-refractivity contribution in [2.75, 3.05) is 20.0 Å². The molecule has 1 aliphatic heterocycles. The maximum absolute atomic E-state index is 5.56. The van der Waals surface area contributed by atoms with Crippen LogP contribution in [0.15, 0.2) is 16.6 Å². The van der Waals surface area contributed by atoms with Gasteiger partial charge in [-0.25, -0.2) is 0 Å². The molecule has 0 fully saturated rings. The van der Waals surface area contributed by atoms with E-state index in [2.05, 4.69) is 15.9 Å². The van der Waals surface area contributed by atoms with Gasteiger partial charge in [0.25, 0.3) is 0 Å². The molecule has 1 aromatic rings. The smallest absolute Gasteiger partial charge is 0.231 e. The Morgan fingerprint density at radius 3 is 2.35 bits per heavy atom. The van der Waals surface area contributed by atoms with Gasteiger partial charge in [0, 0.05) is 23.2 Å². The summed E-state index contributed by atoms with van der Waals surface area (Å²) in [5, 5.41) is 0. The molecule has 4 nitrogen and oxygen atoms in total. The Balaban J connectivity index is 2.29. The van der Waals surface area contributed by atoms with Crippen molar-refractivity contribution in [1.82, 2.24) is 0 Å². The molecular weight excluding hydrogens is 288 g/mol. The molecule has 0 bridgehead atoms. The van der Waals surface area contributed by atoms with E-state index in [0.717, 1.165) is 21.5 Å². The minimum absolute atomic E-state index is 0.263. The number of ether oxygens (including phenoxy) is 4. The zero-order chi connectivity index (χ0) is 12.3. The van der Waals surface area contributed by atoms with Crippen molar-refractivity contribution in [3.8, 4) is 11.5 Å². The molecule has 0 saturated carbocycles. The largest absolute Gasteiger partial charge is 0.454 e. The van der Waals surface area contributed by atoms with Gasteiger partial charge in [-0.3, -0.25) is 0 Å². The molecule has 0 aliphatic carbocycles. The van der Waals surface area contributed by atoms with Gasteiger partial charge in [0.1, 0.15) is 0 Å². The maximum atomic E-state index is 5.56. The zero-order valence-electron chi connectivity index (χ0n) is 9.86. The lowest BCUT2D eigenvalue weighted by molar-refractivity contribution is -0.140. The summed E-state index contributed by atoms with van der Waals surface area (Å²) in [5.74, 6) is 1.47. The Morgan fingerprint density at radius 1 is 1.18 bits per heavy atom. The van der Waals surface area contributed by atoms with Crippen molar-refractivity contribution in [3.05, 3.63) is 22.2 Å². The van der Waals surface area contributed by atoms with E-state index in [1.165, 1.54) is 0 Å². The molecule has 1 aromatic carbocycles. The third-order valence-electron chi connectivity index (χ3n) is 2.38. The van der Waals surface area contributed by atoms with Crippen LogP contribution in [0.4, 0.5) is 0 Å². The molecule has 0 spiro atoms. The minimum Gasteiger partial charge on any atom is -0.454 e. The zero-order valence-corrected chi connectivity index (χ0v) is 11.5. The Labute approximate surface area is 109 Å². The fraction of sp³-hybridized carbons (Fsp3) is 0.500. The van der Waals surface area contributed by atoms with Crippen LogP contribution in [0.2, 0.25) is 0 Å². The Morgan fingerprint density at radius 2 is 1.76 bits per heavy atom. The highest BCUT2D eigenvalue weighted by atomic mass is 79.9. The number of hydrogen-bond acceptors (Lipinski definition) is 4. The van der Waals surface area contributed by atoms with Crippen molar-refractivity contribution < 1.29 is 18.9 Å². The fourth-order valence-electron chi connectivity index (χ4n) is 1.64. The summed E-state index contributed by atoms with van der Waals surface area (Å²) in [6.45, 7) is 5.32. The molecule has 1 heterocycles. The molecular formula is C12H15BrO4. The van der Waals surface area contributed by atoms with E-state index in [9.17, 15) is 0 Å². The van der Waals surface area contributed by atoms with E-state index < -0.39 is 0 Å². The molecule has 94 valence electrons. The van der Waals surface area contributed by atoms with E-state index in [-0.39, 0.29) is 13.1 Å². The summed E-state index contributed by atoms with van der Waals surface area (Å²) in [7, 11) is 0. The number of benzene rings is 1. The Bertz CT molecular complexity index is 388. The third kappa shape index (κ3) is 2.73. The first kappa shape index (κ1) is 12.7. The van der Waals surface area contributed by atoms with Crippen LogP contribution < -0.4 is 9.47 Å². The fourth-order valence-corrected chi connectivity index (χ4v) is 2.15. The van der Waals surface area contributed by atoms with Crippen LogP contribution in [0.1, 0.15) is 25.7 Å². The lowest BCUT2D eigenvalue weighted by atomic mass is 10.2. The van der Waals surface area contributed by atoms with Crippen molar-refractivity contribution in [2.45, 2.75) is 20.1 Å². The Kier molecular flexibility index (Phi) is 4.25. The summed E-state index contributed by atoms with van der Waals surface area (Å²) in [5.41, 5.74) is 0.915. The van der Waals surface area contributed by atoms with Gasteiger partial charge in [0.05, 0.1) is 0 Å². The van der Waals surface area contributed by atoms with Gasteiger partial charge >= 0.3 is 0 Å². The quantitative estimate of drug-likeness (QED) is 0.783. The predicted octanol–water partition coefficient (Wildman–Crippen LogP) is 3.25. The molecule has 0 radical (unpaired) electrons. The highest BCUT2D eigenvalue weighted by Crippen LogP contribution is 2.40. The van der Waals surface area contributed by atoms with Crippen molar-refractivity contribution >= 4 is 15.9 Å². The first-order valence-corrected chi connectivity index (χ1v) is 6.37. The number of halogens is 1. The van der Waals surface area contributed by atoms with Gasteiger partial charge in [-0.1, -0.05) is 15.9 Å². The number of fused-ring (bicyclic) bond motifs is 1. The van der Waals surface area contributed by atoms with Crippen LogP contribution in [-0.2, 0) is 9.47 Å². The maximum Gasteiger partial charge on any atom is 0.231 e. The monoisotopic (exact) mass is 302 g/mol. The topological polar surface area (TPSA) is 36.9 Å². The van der Waals surface area contributed by atoms with Gasteiger partial charge in [0.2, 0.25) is 6.79 Å². The summed E-state index contributed by atoms with van der Waals surface area (Å²) in [4.78, 5) is 0. The Hall–Kier alpha value is -0.780. The summed E-state index contributed by atoms with van der Waals surface area (Å²) >= 11 is 3.49. The summed E-state index contributed by atoms with van der Waals surface area (Å²) < 4.78 is 22.7. The van der Waals surface area contributed by atoms with Crippen molar-refractivity contribution in [2.24, 2.45) is 0 Å². The second kappa shape index (κ2) is 5.71. The van der Waals surface area contributed by atoms with E-state index in [1.807, 2.05) is 26.0 Å². The standard InChI is InChI=1S/C12H15BrO4/c1-3-14-12(15-4-2)8-5-10-11(6-9(8)13)17-7-16-10/h5-6,12H,3-4,7H2,1-2H3. The van der Waals surface area contributed by atoms with Gasteiger partial charge < -0.3 is 18.9 Å². The van der Waals surface area contributed by atoms with Gasteiger partial charge in [-0.15, -0.1) is 0 Å². The van der Waals surface area contributed by atoms with E-state index >= 15 is 0 Å². The molecule has 5 heteroatoms. The van der Waals surface area contributed by atoms with Crippen molar-refractivity contribution in [1.29, 1.82) is 0 Å². The molecule has 2 rings (SSSR count). The van der Waals surface area contributed by atoms with Crippen LogP contribution in [-0.4, -0.2) is 20.0 Å². The van der Waals surface area contributed by atoms with Crippen LogP contribution >= 0.6 is 15.9 Å². The number of rotatable bonds is 5. The highest BCUT2D eigenvalue weighted by Gasteiger charge is 2.21. The predicted molar refractivity (Wildman–Crippen MR) is 66.3 cm³/mol. The third-order valence-corrected chi connectivity index (χ3v) is 3.07. The molecule has 0 atom stereocenters. The normalized spacial score (nSPS) is 13.4. The van der Waals surface area contributed by atoms with E-state index in [0.29, 0.717) is 13.2 Å².